The van der Waals surface area contributed by atoms with E-state index < -0.39 is 0 Å². The van der Waals surface area contributed by atoms with Gasteiger partial charge < -0.3 is 13.9 Å². The molecule has 0 amide bonds. The smallest absolute Gasteiger partial charge is 0.124 e. The van der Waals surface area contributed by atoms with Crippen LogP contribution in [0.15, 0.2) is 133 Å². The standard InChI is InChI=1S/C50H42N8O/c1-5-55-41-13-9-7-11-37(41)39-27-34(21-25-43(39)55)45-47-48(53-58(52-47)30-33-17-15-31(3)16-18-33)46(50-49(45)51-54-57(50)29-32-19-23-36(59-4)24-20-32)35-22-26-44-40(28-35)38-12-8-10-14-42(38)56(44)6-2/h7-28H,5-6,29-30H2,1-4H3. The van der Waals surface area contributed by atoms with Crippen molar-refractivity contribution in [2.24, 2.45) is 0 Å². The Bertz CT molecular complexity index is 3400. The molecule has 11 rings (SSSR count). The van der Waals surface area contributed by atoms with Crippen molar-refractivity contribution in [2.75, 3.05) is 7.11 Å². The zero-order chi connectivity index (χ0) is 39.8. The van der Waals surface area contributed by atoms with Crippen LogP contribution in [0, 0.1) is 6.92 Å². The van der Waals surface area contributed by atoms with Gasteiger partial charge in [-0.3, -0.25) is 0 Å². The summed E-state index contributed by atoms with van der Waals surface area (Å²) >= 11 is 0. The van der Waals surface area contributed by atoms with Gasteiger partial charge in [-0.15, -0.1) is 5.10 Å². The molecule has 4 heterocycles. The first-order valence-corrected chi connectivity index (χ1v) is 20.4. The van der Waals surface area contributed by atoms with E-state index in [9.17, 15) is 0 Å². The minimum Gasteiger partial charge on any atom is -0.497 e. The molecule has 11 aromatic rings. The monoisotopic (exact) mass is 770 g/mol. The number of rotatable bonds is 9. The summed E-state index contributed by atoms with van der Waals surface area (Å²) in [5, 5.41) is 25.6. The van der Waals surface area contributed by atoms with Crippen molar-refractivity contribution in [1.82, 2.24) is 39.1 Å². The fourth-order valence-corrected chi connectivity index (χ4v) is 9.23. The highest BCUT2D eigenvalue weighted by Crippen LogP contribution is 2.44. The number of ether oxygens (including phenoxy) is 1. The van der Waals surface area contributed by atoms with E-state index in [0.29, 0.717) is 13.1 Å². The van der Waals surface area contributed by atoms with Crippen molar-refractivity contribution < 1.29 is 4.74 Å². The molecule has 288 valence electrons. The van der Waals surface area contributed by atoms with Gasteiger partial charge in [0.15, 0.2) is 0 Å². The van der Waals surface area contributed by atoms with Crippen LogP contribution in [0.1, 0.15) is 30.5 Å². The molecule has 0 N–H and O–H groups in total. The molecule has 0 aliphatic carbocycles. The van der Waals surface area contributed by atoms with E-state index in [1.54, 1.807) is 7.11 Å². The lowest BCUT2D eigenvalue weighted by atomic mass is 9.93. The summed E-state index contributed by atoms with van der Waals surface area (Å²) in [5.74, 6) is 0.812. The molecule has 7 aromatic carbocycles. The number of aromatic nitrogens is 8. The van der Waals surface area contributed by atoms with Crippen LogP contribution in [0.2, 0.25) is 0 Å². The maximum atomic E-state index is 5.50. The van der Waals surface area contributed by atoms with Gasteiger partial charge in [0.25, 0.3) is 0 Å². The maximum Gasteiger partial charge on any atom is 0.124 e. The number of para-hydroxylation sites is 2. The number of aryl methyl sites for hydroxylation is 3. The summed E-state index contributed by atoms with van der Waals surface area (Å²) in [6.07, 6.45) is 0. The van der Waals surface area contributed by atoms with E-state index in [-0.39, 0.29) is 0 Å². The topological polar surface area (TPSA) is 80.5 Å². The van der Waals surface area contributed by atoms with E-state index in [0.717, 1.165) is 74.3 Å². The van der Waals surface area contributed by atoms with Crippen molar-refractivity contribution in [3.05, 3.63) is 150 Å². The van der Waals surface area contributed by atoms with Gasteiger partial charge in [-0.05, 0) is 91.6 Å². The molecule has 0 bridgehead atoms. The number of benzene rings is 7. The maximum absolute atomic E-state index is 5.50. The second-order valence-corrected chi connectivity index (χ2v) is 15.4. The lowest BCUT2D eigenvalue weighted by Crippen LogP contribution is -2.04. The number of fused-ring (bicyclic) bond motifs is 8. The SMILES string of the molecule is CCn1c2ccccc2c2cc(-c3c4nn(Cc5ccc(C)cc5)nc4c(-c4ccc5c(c4)c4ccccc4n5CC)c4c3nnn4Cc3ccc(OC)cc3)ccc21. The third kappa shape index (κ3) is 5.52. The van der Waals surface area contributed by atoms with Gasteiger partial charge in [0.05, 0.1) is 25.7 Å². The van der Waals surface area contributed by atoms with Gasteiger partial charge in [-0.25, -0.2) is 4.68 Å². The van der Waals surface area contributed by atoms with E-state index >= 15 is 0 Å². The summed E-state index contributed by atoms with van der Waals surface area (Å²) in [4.78, 5) is 1.85. The Labute approximate surface area is 340 Å². The van der Waals surface area contributed by atoms with Crippen molar-refractivity contribution in [2.45, 2.75) is 47.0 Å². The molecule has 9 heteroatoms. The minimum atomic E-state index is 0.510. The van der Waals surface area contributed by atoms with Gasteiger partial charge in [0.2, 0.25) is 0 Å². The van der Waals surface area contributed by atoms with Crippen LogP contribution < -0.4 is 4.74 Å². The highest BCUT2D eigenvalue weighted by Gasteiger charge is 2.27. The zero-order valence-electron chi connectivity index (χ0n) is 33.5. The second kappa shape index (κ2) is 13.7. The Morgan fingerprint density at radius 1 is 0.525 bits per heavy atom. The average Bonchev–Trinajstić information content (AvgIpc) is 4.04. The summed E-state index contributed by atoms with van der Waals surface area (Å²) in [7, 11) is 1.69. The van der Waals surface area contributed by atoms with Crippen molar-refractivity contribution in [3.63, 3.8) is 0 Å². The number of hydrogen-bond donors (Lipinski definition) is 0. The molecular formula is C50H42N8O. The molecule has 0 atom stereocenters. The fourth-order valence-electron chi connectivity index (χ4n) is 9.23. The van der Waals surface area contributed by atoms with Crippen LogP contribution in [0.5, 0.6) is 5.75 Å². The van der Waals surface area contributed by atoms with Crippen molar-refractivity contribution >= 4 is 65.7 Å². The number of hydrogen-bond acceptors (Lipinski definition) is 5. The Kier molecular flexibility index (Phi) is 8.11. The lowest BCUT2D eigenvalue weighted by molar-refractivity contribution is 0.414. The van der Waals surface area contributed by atoms with Gasteiger partial charge >= 0.3 is 0 Å². The molecule has 0 spiro atoms. The molecule has 0 fully saturated rings. The molecule has 0 radical (unpaired) electrons. The Hall–Kier alpha value is -7.26. The third-order valence-electron chi connectivity index (χ3n) is 12.0. The van der Waals surface area contributed by atoms with E-state index in [2.05, 4.69) is 151 Å². The molecule has 0 aliphatic heterocycles. The van der Waals surface area contributed by atoms with Gasteiger partial charge in [-0.1, -0.05) is 95.7 Å². The highest BCUT2D eigenvalue weighted by molar-refractivity contribution is 6.19. The van der Waals surface area contributed by atoms with E-state index in [1.807, 2.05) is 21.6 Å². The van der Waals surface area contributed by atoms with Crippen LogP contribution in [0.25, 0.3) is 87.9 Å². The summed E-state index contributed by atoms with van der Waals surface area (Å²) in [5.41, 5.74) is 15.6. The van der Waals surface area contributed by atoms with Crippen molar-refractivity contribution in [1.29, 1.82) is 0 Å². The Balaban J connectivity index is 1.23. The quantitative estimate of drug-likeness (QED) is 0.146. The van der Waals surface area contributed by atoms with Crippen LogP contribution in [-0.2, 0) is 26.2 Å². The molecule has 0 saturated heterocycles. The van der Waals surface area contributed by atoms with Gasteiger partial charge in [0.1, 0.15) is 22.3 Å². The summed E-state index contributed by atoms with van der Waals surface area (Å²) in [6, 6.07) is 47.7. The minimum absolute atomic E-state index is 0.510. The fraction of sp³-hybridized carbons (Fsp3) is 0.160. The van der Waals surface area contributed by atoms with E-state index in [4.69, 9.17) is 25.2 Å². The van der Waals surface area contributed by atoms with Crippen LogP contribution in [-0.4, -0.2) is 46.2 Å². The molecule has 0 aliphatic rings. The first-order chi connectivity index (χ1) is 29.0. The predicted octanol–water partition coefficient (Wildman–Crippen LogP) is 11.2. The molecule has 4 aromatic heterocycles. The first-order valence-electron chi connectivity index (χ1n) is 20.4. The van der Waals surface area contributed by atoms with Crippen LogP contribution in [0.3, 0.4) is 0 Å². The van der Waals surface area contributed by atoms with Crippen molar-refractivity contribution in [3.8, 4) is 28.0 Å². The summed E-state index contributed by atoms with van der Waals surface area (Å²) < 4.78 is 12.3. The molecule has 0 unspecified atom stereocenters. The second-order valence-electron chi connectivity index (χ2n) is 15.4. The van der Waals surface area contributed by atoms with Crippen LogP contribution in [0.4, 0.5) is 0 Å². The average molecular weight is 771 g/mol. The zero-order valence-corrected chi connectivity index (χ0v) is 33.5. The van der Waals surface area contributed by atoms with Crippen LogP contribution >= 0.6 is 0 Å². The predicted molar refractivity (Wildman–Crippen MR) is 239 cm³/mol. The third-order valence-corrected chi connectivity index (χ3v) is 12.0. The molecule has 0 saturated carbocycles. The Morgan fingerprint density at radius 2 is 1.05 bits per heavy atom. The summed E-state index contributed by atoms with van der Waals surface area (Å²) in [6.45, 7) is 9.31. The van der Waals surface area contributed by atoms with E-state index in [1.165, 1.54) is 49.2 Å². The molecule has 59 heavy (non-hydrogen) atoms. The molecular weight excluding hydrogens is 729 g/mol. The number of methoxy groups -OCH3 is 1. The lowest BCUT2D eigenvalue weighted by Gasteiger charge is -2.13. The first kappa shape index (κ1) is 34.9. The van der Waals surface area contributed by atoms with Gasteiger partial charge in [0, 0.05) is 67.8 Å². The van der Waals surface area contributed by atoms with Gasteiger partial charge in [-0.2, -0.15) is 15.0 Å². The molecule has 9 nitrogen and oxygen atoms in total. The largest absolute Gasteiger partial charge is 0.497 e. The Morgan fingerprint density at radius 3 is 1.64 bits per heavy atom. The normalized spacial score (nSPS) is 12.0. The number of nitrogens with zero attached hydrogens (tertiary/aromatic N) is 8. The highest BCUT2D eigenvalue weighted by atomic mass is 16.5.